The van der Waals surface area contributed by atoms with E-state index in [1.54, 1.807) is 31.2 Å². The number of fused-ring (bicyclic) bond motifs is 2. The third-order valence-electron chi connectivity index (χ3n) is 4.60. The summed E-state index contributed by atoms with van der Waals surface area (Å²) in [4.78, 5) is 23.8. The van der Waals surface area contributed by atoms with E-state index in [-0.39, 0.29) is 18.3 Å². The molecule has 21 heavy (non-hydrogen) atoms. The number of para-hydroxylation sites is 1. The number of hydrogen-bond acceptors (Lipinski definition) is 4. The Kier molecular flexibility index (Phi) is 3.53. The predicted molar refractivity (Wildman–Crippen MR) is 76.9 cm³/mol. The van der Waals surface area contributed by atoms with Gasteiger partial charge in [-0.15, -0.1) is 0 Å². The zero-order valence-electron chi connectivity index (χ0n) is 12.0. The third kappa shape index (κ3) is 2.58. The molecule has 0 spiro atoms. The van der Waals surface area contributed by atoms with Crippen molar-refractivity contribution in [1.82, 2.24) is 0 Å². The zero-order chi connectivity index (χ0) is 14.9. The van der Waals surface area contributed by atoms with Gasteiger partial charge in [0.1, 0.15) is 18.1 Å². The van der Waals surface area contributed by atoms with E-state index in [0.29, 0.717) is 11.7 Å². The standard InChI is InChI=1S/C17H18O4/c1-12(18)17(10-13-7-8-14(17)9-13)11-20-16(19)21-15-5-3-2-4-6-15/h2-8,13-14H,9-11H2,1H3. The van der Waals surface area contributed by atoms with Gasteiger partial charge in [-0.25, -0.2) is 4.79 Å². The second kappa shape index (κ2) is 5.35. The second-order valence-corrected chi connectivity index (χ2v) is 5.86. The lowest BCUT2D eigenvalue weighted by molar-refractivity contribution is -0.130. The number of ether oxygens (including phenoxy) is 2. The van der Waals surface area contributed by atoms with Gasteiger partial charge >= 0.3 is 6.16 Å². The van der Waals surface area contributed by atoms with Crippen molar-refractivity contribution < 1.29 is 19.1 Å². The second-order valence-electron chi connectivity index (χ2n) is 5.86. The van der Waals surface area contributed by atoms with E-state index in [1.807, 2.05) is 6.07 Å². The molecule has 3 atom stereocenters. The molecule has 0 amide bonds. The van der Waals surface area contributed by atoms with E-state index < -0.39 is 11.6 Å². The number of benzene rings is 1. The molecule has 2 bridgehead atoms. The molecule has 1 fully saturated rings. The highest BCUT2D eigenvalue weighted by Gasteiger charge is 2.52. The highest BCUT2D eigenvalue weighted by molar-refractivity contribution is 5.84. The predicted octanol–water partition coefficient (Wildman–Crippen LogP) is 3.37. The van der Waals surface area contributed by atoms with Crippen LogP contribution in [0.4, 0.5) is 4.79 Å². The van der Waals surface area contributed by atoms with Crippen LogP contribution in [0.3, 0.4) is 0 Å². The monoisotopic (exact) mass is 286 g/mol. The Morgan fingerprint density at radius 3 is 2.57 bits per heavy atom. The van der Waals surface area contributed by atoms with Crippen molar-refractivity contribution in [1.29, 1.82) is 0 Å². The molecule has 3 unspecified atom stereocenters. The average Bonchev–Trinajstić information content (AvgIpc) is 3.07. The maximum atomic E-state index is 12.1. The van der Waals surface area contributed by atoms with Crippen LogP contribution in [0.5, 0.6) is 5.75 Å². The molecule has 3 rings (SSSR count). The van der Waals surface area contributed by atoms with Crippen LogP contribution >= 0.6 is 0 Å². The molecule has 1 saturated carbocycles. The van der Waals surface area contributed by atoms with Crippen molar-refractivity contribution in [2.75, 3.05) is 6.61 Å². The van der Waals surface area contributed by atoms with E-state index in [1.165, 1.54) is 0 Å². The minimum atomic E-state index is -0.756. The quantitative estimate of drug-likeness (QED) is 0.484. The summed E-state index contributed by atoms with van der Waals surface area (Å²) in [5.41, 5.74) is -0.560. The highest BCUT2D eigenvalue weighted by Crippen LogP contribution is 2.52. The SMILES string of the molecule is CC(=O)C1(COC(=O)Oc2ccccc2)CC2C=CC1C2. The van der Waals surface area contributed by atoms with Crippen LogP contribution in [0.2, 0.25) is 0 Å². The maximum Gasteiger partial charge on any atom is 0.513 e. The zero-order valence-corrected chi connectivity index (χ0v) is 12.0. The van der Waals surface area contributed by atoms with Gasteiger partial charge < -0.3 is 9.47 Å². The normalized spacial score (nSPS) is 29.4. The molecular weight excluding hydrogens is 268 g/mol. The van der Waals surface area contributed by atoms with Crippen LogP contribution < -0.4 is 4.74 Å². The van der Waals surface area contributed by atoms with Crippen LogP contribution in [0.1, 0.15) is 19.8 Å². The highest BCUT2D eigenvalue weighted by atomic mass is 16.7. The molecule has 0 radical (unpaired) electrons. The smallest absolute Gasteiger partial charge is 0.433 e. The molecule has 110 valence electrons. The van der Waals surface area contributed by atoms with Crippen molar-refractivity contribution >= 4 is 11.9 Å². The summed E-state index contributed by atoms with van der Waals surface area (Å²) in [6.07, 6.45) is 5.24. The summed E-state index contributed by atoms with van der Waals surface area (Å²) in [5, 5.41) is 0. The number of ketones is 1. The number of hydrogen-bond donors (Lipinski definition) is 0. The summed E-state index contributed by atoms with van der Waals surface area (Å²) >= 11 is 0. The third-order valence-corrected chi connectivity index (χ3v) is 4.60. The first-order valence-corrected chi connectivity index (χ1v) is 7.19. The van der Waals surface area contributed by atoms with Crippen molar-refractivity contribution in [2.24, 2.45) is 17.3 Å². The molecule has 2 aliphatic carbocycles. The van der Waals surface area contributed by atoms with Crippen LogP contribution in [0, 0.1) is 17.3 Å². The van der Waals surface area contributed by atoms with E-state index in [4.69, 9.17) is 9.47 Å². The summed E-state index contributed by atoms with van der Waals surface area (Å²) in [5.74, 6) is 1.15. The van der Waals surface area contributed by atoms with Gasteiger partial charge in [-0.2, -0.15) is 0 Å². The topological polar surface area (TPSA) is 52.6 Å². The molecular formula is C17H18O4. The summed E-state index contributed by atoms with van der Waals surface area (Å²) < 4.78 is 10.3. The number of Topliss-reactive ketones (excluding diaryl/α,β-unsaturated/α-hetero) is 1. The van der Waals surface area contributed by atoms with Crippen molar-refractivity contribution in [3.05, 3.63) is 42.5 Å². The van der Waals surface area contributed by atoms with Crippen LogP contribution in [-0.2, 0) is 9.53 Å². The summed E-state index contributed by atoms with van der Waals surface area (Å²) in [7, 11) is 0. The summed E-state index contributed by atoms with van der Waals surface area (Å²) in [6.45, 7) is 1.68. The van der Waals surface area contributed by atoms with Crippen molar-refractivity contribution in [3.8, 4) is 5.75 Å². The van der Waals surface area contributed by atoms with Crippen LogP contribution in [0.25, 0.3) is 0 Å². The van der Waals surface area contributed by atoms with Gasteiger partial charge in [-0.3, -0.25) is 4.79 Å². The fourth-order valence-electron chi connectivity index (χ4n) is 3.43. The lowest BCUT2D eigenvalue weighted by Crippen LogP contribution is -2.39. The molecule has 4 nitrogen and oxygen atoms in total. The van der Waals surface area contributed by atoms with Gasteiger partial charge in [0.2, 0.25) is 0 Å². The molecule has 0 heterocycles. The molecule has 0 aromatic heterocycles. The fraction of sp³-hybridized carbons (Fsp3) is 0.412. The Hall–Kier alpha value is -2.10. The Bertz CT molecular complexity index is 578. The minimum absolute atomic E-state index is 0.0897. The Balaban J connectivity index is 1.62. The first kappa shape index (κ1) is 13.9. The lowest BCUT2D eigenvalue weighted by Gasteiger charge is -2.32. The summed E-state index contributed by atoms with van der Waals surface area (Å²) in [6, 6.07) is 8.76. The Labute approximate surface area is 123 Å². The first-order valence-electron chi connectivity index (χ1n) is 7.19. The number of allylic oxidation sites excluding steroid dienone is 2. The number of carbonyl (C=O) groups excluding carboxylic acids is 2. The van der Waals surface area contributed by atoms with Gasteiger partial charge in [0.05, 0.1) is 5.41 Å². The van der Waals surface area contributed by atoms with Gasteiger partial charge in [-0.1, -0.05) is 30.4 Å². The van der Waals surface area contributed by atoms with E-state index in [9.17, 15) is 9.59 Å². The maximum absolute atomic E-state index is 12.1. The fourth-order valence-corrected chi connectivity index (χ4v) is 3.43. The van der Waals surface area contributed by atoms with Crippen LogP contribution in [0.15, 0.2) is 42.5 Å². The molecule has 1 aromatic carbocycles. The number of carbonyl (C=O) groups is 2. The van der Waals surface area contributed by atoms with Crippen molar-refractivity contribution in [3.63, 3.8) is 0 Å². The van der Waals surface area contributed by atoms with Gasteiger partial charge in [0.25, 0.3) is 0 Å². The molecule has 1 aromatic rings. The van der Waals surface area contributed by atoms with E-state index >= 15 is 0 Å². The lowest BCUT2D eigenvalue weighted by atomic mass is 9.73. The van der Waals surface area contributed by atoms with Gasteiger partial charge in [0.15, 0.2) is 0 Å². The van der Waals surface area contributed by atoms with E-state index in [2.05, 4.69) is 12.2 Å². The van der Waals surface area contributed by atoms with E-state index in [0.717, 1.165) is 12.8 Å². The van der Waals surface area contributed by atoms with Crippen LogP contribution in [-0.4, -0.2) is 18.5 Å². The molecule has 0 N–H and O–H groups in total. The first-order chi connectivity index (χ1) is 10.1. The van der Waals surface area contributed by atoms with Crippen molar-refractivity contribution in [2.45, 2.75) is 19.8 Å². The largest absolute Gasteiger partial charge is 0.513 e. The Morgan fingerprint density at radius 2 is 2.00 bits per heavy atom. The number of rotatable bonds is 4. The van der Waals surface area contributed by atoms with Gasteiger partial charge in [-0.05, 0) is 43.7 Å². The minimum Gasteiger partial charge on any atom is -0.433 e. The molecule has 0 saturated heterocycles. The average molecular weight is 286 g/mol. The Morgan fingerprint density at radius 1 is 1.24 bits per heavy atom. The molecule has 0 aliphatic heterocycles. The molecule has 2 aliphatic rings. The molecule has 4 heteroatoms. The van der Waals surface area contributed by atoms with Gasteiger partial charge in [0, 0.05) is 0 Å².